The van der Waals surface area contributed by atoms with Crippen molar-refractivity contribution in [3.05, 3.63) is 50.2 Å². The lowest BCUT2D eigenvalue weighted by Gasteiger charge is -2.15. The number of thiophene rings is 1. The van der Waals surface area contributed by atoms with Crippen LogP contribution in [0.15, 0.2) is 23.6 Å². The van der Waals surface area contributed by atoms with Crippen LogP contribution in [0.5, 0.6) is 5.75 Å². The van der Waals surface area contributed by atoms with Gasteiger partial charge in [0.2, 0.25) is 0 Å². The third-order valence-electron chi connectivity index (χ3n) is 3.03. The lowest BCUT2D eigenvalue weighted by Crippen LogP contribution is -2.01. The molecule has 0 aliphatic rings. The zero-order valence-electron chi connectivity index (χ0n) is 10.5. The monoisotopic (exact) mass is 282 g/mol. The molecule has 0 aliphatic heterocycles. The number of aliphatic hydroxyl groups is 1. The van der Waals surface area contributed by atoms with Crippen LogP contribution in [0.4, 0.5) is 0 Å². The van der Waals surface area contributed by atoms with Gasteiger partial charge >= 0.3 is 0 Å². The molecular weight excluding hydrogens is 268 g/mol. The van der Waals surface area contributed by atoms with Gasteiger partial charge in [-0.3, -0.25) is 0 Å². The molecule has 2 nitrogen and oxygen atoms in total. The molecular formula is C14H15ClO2S. The first-order valence-corrected chi connectivity index (χ1v) is 6.86. The van der Waals surface area contributed by atoms with E-state index in [1.165, 1.54) is 11.3 Å². The summed E-state index contributed by atoms with van der Waals surface area (Å²) in [5, 5.41) is 12.9. The highest BCUT2D eigenvalue weighted by Crippen LogP contribution is 2.37. The van der Waals surface area contributed by atoms with Crippen molar-refractivity contribution < 1.29 is 9.84 Å². The van der Waals surface area contributed by atoms with Gasteiger partial charge in [-0.05, 0) is 42.5 Å². The van der Waals surface area contributed by atoms with Crippen LogP contribution in [0.1, 0.15) is 27.7 Å². The van der Waals surface area contributed by atoms with Gasteiger partial charge in [-0.2, -0.15) is 0 Å². The summed E-state index contributed by atoms with van der Waals surface area (Å²) >= 11 is 7.67. The van der Waals surface area contributed by atoms with Crippen LogP contribution in [0.2, 0.25) is 5.02 Å². The van der Waals surface area contributed by atoms with E-state index in [2.05, 4.69) is 0 Å². The number of aliphatic hydroxyl groups excluding tert-OH is 1. The molecule has 1 aromatic carbocycles. The Bertz CT molecular complexity index is 563. The fraction of sp³-hybridized carbons (Fsp3) is 0.286. The molecule has 1 unspecified atom stereocenters. The van der Waals surface area contributed by atoms with Crippen LogP contribution in [0, 0.1) is 13.8 Å². The van der Waals surface area contributed by atoms with Crippen LogP contribution < -0.4 is 4.74 Å². The Labute approximate surface area is 116 Å². The molecule has 1 atom stereocenters. The summed E-state index contributed by atoms with van der Waals surface area (Å²) < 4.78 is 5.23. The molecule has 0 spiro atoms. The summed E-state index contributed by atoms with van der Waals surface area (Å²) in [6, 6.07) is 5.66. The maximum atomic E-state index is 10.4. The molecule has 0 saturated carbocycles. The van der Waals surface area contributed by atoms with Crippen molar-refractivity contribution in [2.45, 2.75) is 20.0 Å². The summed E-state index contributed by atoms with van der Waals surface area (Å²) in [5.41, 5.74) is 2.96. The zero-order chi connectivity index (χ0) is 13.3. The van der Waals surface area contributed by atoms with Gasteiger partial charge in [-0.15, -0.1) is 11.3 Å². The number of halogens is 1. The highest BCUT2D eigenvalue weighted by molar-refractivity contribution is 7.10. The molecule has 0 radical (unpaired) electrons. The normalized spacial score (nSPS) is 12.5. The summed E-state index contributed by atoms with van der Waals surface area (Å²) in [4.78, 5) is 0.780. The zero-order valence-corrected chi connectivity index (χ0v) is 12.1. The number of hydrogen-bond donors (Lipinski definition) is 1. The Balaban J connectivity index is 2.46. The van der Waals surface area contributed by atoms with Crippen LogP contribution >= 0.6 is 22.9 Å². The van der Waals surface area contributed by atoms with E-state index < -0.39 is 6.10 Å². The van der Waals surface area contributed by atoms with E-state index in [0.29, 0.717) is 10.8 Å². The van der Waals surface area contributed by atoms with Crippen molar-refractivity contribution >= 4 is 22.9 Å². The molecule has 18 heavy (non-hydrogen) atoms. The second kappa shape index (κ2) is 5.31. The standard InChI is InChI=1S/C14H15ClO2S/c1-8-6-10(11(15)7-9(8)2)13(16)14-12(17-3)4-5-18-14/h4-7,13,16H,1-3H3. The third kappa shape index (κ3) is 2.39. The van der Waals surface area contributed by atoms with Gasteiger partial charge in [-0.1, -0.05) is 17.7 Å². The van der Waals surface area contributed by atoms with Gasteiger partial charge in [0.1, 0.15) is 11.9 Å². The van der Waals surface area contributed by atoms with Gasteiger partial charge in [0.15, 0.2) is 0 Å². The molecule has 0 amide bonds. The maximum Gasteiger partial charge on any atom is 0.135 e. The highest BCUT2D eigenvalue weighted by atomic mass is 35.5. The van der Waals surface area contributed by atoms with Crippen LogP contribution in [-0.2, 0) is 0 Å². The molecule has 1 N–H and O–H groups in total. The van der Waals surface area contributed by atoms with Crippen molar-refractivity contribution in [1.82, 2.24) is 0 Å². The molecule has 1 aromatic heterocycles. The van der Waals surface area contributed by atoms with Gasteiger partial charge in [-0.25, -0.2) is 0 Å². The predicted octanol–water partition coefficient (Wildman–Crippen LogP) is 4.11. The van der Waals surface area contributed by atoms with Gasteiger partial charge in [0.05, 0.1) is 12.0 Å². The van der Waals surface area contributed by atoms with E-state index in [-0.39, 0.29) is 0 Å². The van der Waals surface area contributed by atoms with E-state index in [4.69, 9.17) is 16.3 Å². The minimum atomic E-state index is -0.744. The van der Waals surface area contributed by atoms with Crippen molar-refractivity contribution in [3.63, 3.8) is 0 Å². The molecule has 0 fully saturated rings. The minimum Gasteiger partial charge on any atom is -0.495 e. The number of ether oxygens (including phenoxy) is 1. The van der Waals surface area contributed by atoms with Crippen molar-refractivity contribution in [3.8, 4) is 5.75 Å². The second-order valence-electron chi connectivity index (χ2n) is 4.21. The minimum absolute atomic E-state index is 0.584. The second-order valence-corrected chi connectivity index (χ2v) is 5.57. The fourth-order valence-corrected chi connectivity index (χ4v) is 3.01. The van der Waals surface area contributed by atoms with Crippen LogP contribution in [-0.4, -0.2) is 12.2 Å². The molecule has 2 rings (SSSR count). The largest absolute Gasteiger partial charge is 0.495 e. The van der Waals surface area contributed by atoms with Crippen molar-refractivity contribution in [2.75, 3.05) is 7.11 Å². The number of hydrogen-bond acceptors (Lipinski definition) is 3. The Kier molecular flexibility index (Phi) is 3.95. The van der Waals surface area contributed by atoms with E-state index in [9.17, 15) is 5.11 Å². The van der Waals surface area contributed by atoms with E-state index in [0.717, 1.165) is 21.6 Å². The quantitative estimate of drug-likeness (QED) is 0.918. The summed E-state index contributed by atoms with van der Waals surface area (Å²) in [7, 11) is 1.60. The third-order valence-corrected chi connectivity index (χ3v) is 4.31. The highest BCUT2D eigenvalue weighted by Gasteiger charge is 2.20. The number of benzene rings is 1. The molecule has 0 aliphatic carbocycles. The number of rotatable bonds is 3. The van der Waals surface area contributed by atoms with Gasteiger partial charge in [0.25, 0.3) is 0 Å². The summed E-state index contributed by atoms with van der Waals surface area (Å²) in [5.74, 6) is 0.696. The van der Waals surface area contributed by atoms with E-state index >= 15 is 0 Å². The van der Waals surface area contributed by atoms with Gasteiger partial charge in [0, 0.05) is 10.6 Å². The Morgan fingerprint density at radius 2 is 1.94 bits per heavy atom. The van der Waals surface area contributed by atoms with Crippen LogP contribution in [0.3, 0.4) is 0 Å². The van der Waals surface area contributed by atoms with Crippen molar-refractivity contribution in [1.29, 1.82) is 0 Å². The number of aryl methyl sites for hydroxylation is 2. The average Bonchev–Trinajstić information content (AvgIpc) is 2.81. The summed E-state index contributed by atoms with van der Waals surface area (Å²) in [6.07, 6.45) is -0.744. The Morgan fingerprint density at radius 3 is 2.61 bits per heavy atom. The smallest absolute Gasteiger partial charge is 0.135 e. The SMILES string of the molecule is COc1ccsc1C(O)c1cc(C)c(C)cc1Cl. The molecule has 0 saturated heterocycles. The Morgan fingerprint density at radius 1 is 1.28 bits per heavy atom. The maximum absolute atomic E-state index is 10.4. The molecule has 4 heteroatoms. The number of methoxy groups -OCH3 is 1. The molecule has 0 bridgehead atoms. The molecule has 2 aromatic rings. The average molecular weight is 283 g/mol. The lowest BCUT2D eigenvalue weighted by atomic mass is 10.0. The lowest BCUT2D eigenvalue weighted by molar-refractivity contribution is 0.219. The molecule has 1 heterocycles. The van der Waals surface area contributed by atoms with E-state index in [1.807, 2.05) is 37.4 Å². The first-order chi connectivity index (χ1) is 8.54. The predicted molar refractivity (Wildman–Crippen MR) is 75.9 cm³/mol. The van der Waals surface area contributed by atoms with Gasteiger partial charge < -0.3 is 9.84 Å². The molecule has 96 valence electrons. The first kappa shape index (κ1) is 13.4. The van der Waals surface area contributed by atoms with Crippen molar-refractivity contribution in [2.24, 2.45) is 0 Å². The van der Waals surface area contributed by atoms with Crippen LogP contribution in [0.25, 0.3) is 0 Å². The first-order valence-electron chi connectivity index (χ1n) is 5.60. The fourth-order valence-electron chi connectivity index (χ4n) is 1.83. The summed E-state index contributed by atoms with van der Waals surface area (Å²) in [6.45, 7) is 4.01. The topological polar surface area (TPSA) is 29.5 Å². The Hall–Kier alpha value is -1.03. The van der Waals surface area contributed by atoms with E-state index in [1.54, 1.807) is 7.11 Å².